The van der Waals surface area contributed by atoms with Gasteiger partial charge in [0.25, 0.3) is 10.0 Å². The third-order valence-corrected chi connectivity index (χ3v) is 9.93. The normalized spacial score (nSPS) is 14.3. The molecule has 2 amide bonds. The summed E-state index contributed by atoms with van der Waals surface area (Å²) in [5.74, 6) is -0.134. The number of sulfonamides is 1. The molecule has 11 heteroatoms. The van der Waals surface area contributed by atoms with Crippen molar-refractivity contribution in [2.45, 2.75) is 62.6 Å². The number of benzene rings is 3. The van der Waals surface area contributed by atoms with Crippen molar-refractivity contribution in [3.63, 3.8) is 0 Å². The Labute approximate surface area is 257 Å². The fraction of sp³-hybridized carbons (Fsp3) is 0.355. The maximum absolute atomic E-state index is 14.2. The van der Waals surface area contributed by atoms with Gasteiger partial charge in [0.15, 0.2) is 0 Å². The number of nitrogens with one attached hydrogen (secondary N) is 1. The van der Waals surface area contributed by atoms with Crippen molar-refractivity contribution in [1.29, 1.82) is 0 Å². The third kappa shape index (κ3) is 7.56. The molecule has 0 unspecified atom stereocenters. The standard InChI is InChI=1S/C31H35Cl2N3O5S/c1-3-29(31(38)34-23-9-7-8-10-23)35(20-22-13-16-25(41-2)17-14-22)30(37)21-36(24-15-18-27(32)28(33)19-24)42(39,40)26-11-5-4-6-12-26/h4-6,11-19,23,29H,3,7-10,20-21H2,1-2H3,(H,34,38)/t29-/m0/s1. The highest BCUT2D eigenvalue weighted by Crippen LogP contribution is 2.31. The molecule has 1 aliphatic rings. The lowest BCUT2D eigenvalue weighted by atomic mass is 10.1. The Morgan fingerprint density at radius 1 is 0.976 bits per heavy atom. The number of halogens is 2. The highest BCUT2D eigenvalue weighted by molar-refractivity contribution is 7.92. The summed E-state index contributed by atoms with van der Waals surface area (Å²) in [6.45, 7) is 1.38. The van der Waals surface area contributed by atoms with E-state index in [0.29, 0.717) is 12.2 Å². The Kier molecular flexibility index (Phi) is 10.8. The van der Waals surface area contributed by atoms with Crippen LogP contribution in [0, 0.1) is 0 Å². The molecule has 3 aromatic rings. The second kappa shape index (κ2) is 14.3. The van der Waals surface area contributed by atoms with Crippen molar-refractivity contribution in [1.82, 2.24) is 10.2 Å². The van der Waals surface area contributed by atoms with Gasteiger partial charge < -0.3 is 15.0 Å². The largest absolute Gasteiger partial charge is 0.497 e. The van der Waals surface area contributed by atoms with Crippen molar-refractivity contribution in [2.24, 2.45) is 0 Å². The first-order valence-electron chi connectivity index (χ1n) is 13.9. The zero-order valence-corrected chi connectivity index (χ0v) is 26.0. The number of anilines is 1. The van der Waals surface area contributed by atoms with Crippen LogP contribution < -0.4 is 14.4 Å². The summed E-state index contributed by atoms with van der Waals surface area (Å²) >= 11 is 12.4. The van der Waals surface area contributed by atoms with Crippen LogP contribution in [-0.2, 0) is 26.2 Å². The maximum atomic E-state index is 14.2. The lowest BCUT2D eigenvalue weighted by Gasteiger charge is -2.34. The molecule has 0 bridgehead atoms. The van der Waals surface area contributed by atoms with Gasteiger partial charge in [-0.3, -0.25) is 13.9 Å². The molecule has 3 aromatic carbocycles. The number of rotatable bonds is 12. The Hall–Kier alpha value is -3.27. The Morgan fingerprint density at radius 2 is 1.64 bits per heavy atom. The van der Waals surface area contributed by atoms with Gasteiger partial charge in [-0.2, -0.15) is 0 Å². The van der Waals surface area contributed by atoms with Gasteiger partial charge in [0, 0.05) is 12.6 Å². The van der Waals surface area contributed by atoms with E-state index in [4.69, 9.17) is 27.9 Å². The average molecular weight is 633 g/mol. The molecule has 0 aromatic heterocycles. The molecule has 0 spiro atoms. The van der Waals surface area contributed by atoms with Crippen LogP contribution in [0.3, 0.4) is 0 Å². The number of carbonyl (C=O) groups is 2. The smallest absolute Gasteiger partial charge is 0.264 e. The SMILES string of the molecule is CC[C@@H](C(=O)NC1CCCC1)N(Cc1ccc(OC)cc1)C(=O)CN(c1ccc(Cl)c(Cl)c1)S(=O)(=O)c1ccccc1. The van der Waals surface area contributed by atoms with Crippen LogP contribution in [0.25, 0.3) is 0 Å². The van der Waals surface area contributed by atoms with E-state index < -0.39 is 28.5 Å². The molecule has 0 saturated heterocycles. The van der Waals surface area contributed by atoms with E-state index in [1.54, 1.807) is 37.4 Å². The second-order valence-corrected chi connectivity index (χ2v) is 12.9. The molecule has 42 heavy (non-hydrogen) atoms. The summed E-state index contributed by atoms with van der Waals surface area (Å²) in [6.07, 6.45) is 4.24. The van der Waals surface area contributed by atoms with Gasteiger partial charge in [0.05, 0.1) is 27.7 Å². The van der Waals surface area contributed by atoms with Crippen molar-refractivity contribution in [3.05, 3.63) is 88.4 Å². The molecule has 224 valence electrons. The lowest BCUT2D eigenvalue weighted by Crippen LogP contribution is -2.53. The van der Waals surface area contributed by atoms with Crippen LogP contribution in [0.5, 0.6) is 5.75 Å². The quantitative estimate of drug-likeness (QED) is 0.262. The molecule has 8 nitrogen and oxygen atoms in total. The van der Waals surface area contributed by atoms with E-state index in [9.17, 15) is 18.0 Å². The maximum Gasteiger partial charge on any atom is 0.264 e. The highest BCUT2D eigenvalue weighted by atomic mass is 35.5. The summed E-state index contributed by atoms with van der Waals surface area (Å²) in [7, 11) is -2.63. The summed E-state index contributed by atoms with van der Waals surface area (Å²) in [4.78, 5) is 29.2. The molecule has 0 aliphatic heterocycles. The van der Waals surface area contributed by atoms with Gasteiger partial charge in [-0.05, 0) is 67.3 Å². The first-order chi connectivity index (χ1) is 20.1. The van der Waals surface area contributed by atoms with Crippen LogP contribution in [0.4, 0.5) is 5.69 Å². The zero-order valence-electron chi connectivity index (χ0n) is 23.6. The van der Waals surface area contributed by atoms with E-state index in [1.165, 1.54) is 35.2 Å². The van der Waals surface area contributed by atoms with Gasteiger partial charge >= 0.3 is 0 Å². The fourth-order valence-electron chi connectivity index (χ4n) is 5.10. The molecule has 0 heterocycles. The van der Waals surface area contributed by atoms with Gasteiger partial charge in [-0.25, -0.2) is 8.42 Å². The van der Waals surface area contributed by atoms with Crippen molar-refractivity contribution in [2.75, 3.05) is 18.0 Å². The second-order valence-electron chi connectivity index (χ2n) is 10.2. The third-order valence-electron chi connectivity index (χ3n) is 7.40. The van der Waals surface area contributed by atoms with Crippen LogP contribution >= 0.6 is 23.2 Å². The van der Waals surface area contributed by atoms with E-state index in [-0.39, 0.29) is 39.1 Å². The Morgan fingerprint density at radius 3 is 2.24 bits per heavy atom. The highest BCUT2D eigenvalue weighted by Gasteiger charge is 2.34. The van der Waals surface area contributed by atoms with E-state index in [0.717, 1.165) is 35.6 Å². The Balaban J connectivity index is 1.72. The number of hydrogen-bond donors (Lipinski definition) is 1. The minimum atomic E-state index is -4.20. The monoisotopic (exact) mass is 631 g/mol. The fourth-order valence-corrected chi connectivity index (χ4v) is 6.82. The average Bonchev–Trinajstić information content (AvgIpc) is 3.51. The van der Waals surface area contributed by atoms with Crippen molar-refractivity contribution >= 4 is 50.7 Å². The minimum absolute atomic E-state index is 0.0107. The van der Waals surface area contributed by atoms with Crippen molar-refractivity contribution in [3.8, 4) is 5.75 Å². The molecular formula is C31H35Cl2N3O5S. The summed E-state index contributed by atoms with van der Waals surface area (Å²) < 4.78 is 34.1. The first kappa shape index (κ1) is 31.7. The molecule has 1 atom stereocenters. The molecular weight excluding hydrogens is 597 g/mol. The topological polar surface area (TPSA) is 96.0 Å². The zero-order chi connectivity index (χ0) is 30.3. The number of hydrogen-bond acceptors (Lipinski definition) is 5. The predicted molar refractivity (Wildman–Crippen MR) is 165 cm³/mol. The first-order valence-corrected chi connectivity index (χ1v) is 16.1. The number of carbonyl (C=O) groups excluding carboxylic acids is 2. The molecule has 4 rings (SSSR count). The number of nitrogens with zero attached hydrogens (tertiary/aromatic N) is 2. The molecule has 0 radical (unpaired) electrons. The van der Waals surface area contributed by atoms with Gasteiger partial charge in [0.2, 0.25) is 11.8 Å². The summed E-state index contributed by atoms with van der Waals surface area (Å²) in [5, 5.41) is 3.50. The van der Waals surface area contributed by atoms with Crippen LogP contribution in [-0.4, -0.2) is 50.9 Å². The number of amides is 2. The van der Waals surface area contributed by atoms with Gasteiger partial charge in [-0.15, -0.1) is 0 Å². The van der Waals surface area contributed by atoms with E-state index >= 15 is 0 Å². The van der Waals surface area contributed by atoms with Gasteiger partial charge in [0.1, 0.15) is 18.3 Å². The Bertz CT molecular complexity index is 1480. The molecule has 1 N–H and O–H groups in total. The minimum Gasteiger partial charge on any atom is -0.497 e. The van der Waals surface area contributed by atoms with Crippen LogP contribution in [0.15, 0.2) is 77.7 Å². The van der Waals surface area contributed by atoms with E-state index in [1.807, 2.05) is 19.1 Å². The molecule has 1 aliphatic carbocycles. The number of ether oxygens (including phenoxy) is 1. The summed E-state index contributed by atoms with van der Waals surface area (Å²) in [6, 6.07) is 18.7. The summed E-state index contributed by atoms with van der Waals surface area (Å²) in [5.41, 5.74) is 0.942. The van der Waals surface area contributed by atoms with Crippen LogP contribution in [0.1, 0.15) is 44.6 Å². The molecule has 1 fully saturated rings. The van der Waals surface area contributed by atoms with E-state index in [2.05, 4.69) is 5.32 Å². The van der Waals surface area contributed by atoms with Crippen LogP contribution in [0.2, 0.25) is 10.0 Å². The molecule has 1 saturated carbocycles. The predicted octanol–water partition coefficient (Wildman–Crippen LogP) is 6.06. The van der Waals surface area contributed by atoms with Crippen molar-refractivity contribution < 1.29 is 22.7 Å². The van der Waals surface area contributed by atoms with Gasteiger partial charge in [-0.1, -0.05) is 73.3 Å². The lowest BCUT2D eigenvalue weighted by molar-refractivity contribution is -0.140. The number of methoxy groups -OCH3 is 1.